The van der Waals surface area contributed by atoms with E-state index in [1.165, 1.54) is 12.7 Å². The van der Waals surface area contributed by atoms with Crippen molar-refractivity contribution in [2.75, 3.05) is 20.2 Å². The second-order valence-electron chi connectivity index (χ2n) is 7.57. The summed E-state index contributed by atoms with van der Waals surface area (Å²) < 4.78 is 4.66. The van der Waals surface area contributed by atoms with Gasteiger partial charge in [-0.15, -0.1) is 0 Å². The quantitative estimate of drug-likeness (QED) is 0.458. The van der Waals surface area contributed by atoms with E-state index in [1.54, 1.807) is 11.0 Å². The van der Waals surface area contributed by atoms with Crippen LogP contribution in [-0.4, -0.2) is 36.0 Å². The second kappa shape index (κ2) is 7.72. The van der Waals surface area contributed by atoms with Crippen molar-refractivity contribution < 1.29 is 14.5 Å². The first kappa shape index (κ1) is 19.7. The van der Waals surface area contributed by atoms with Gasteiger partial charge >= 0.3 is 5.97 Å². The van der Waals surface area contributed by atoms with Crippen molar-refractivity contribution in [2.45, 2.75) is 39.5 Å². The van der Waals surface area contributed by atoms with Crippen LogP contribution in [0.4, 0.5) is 0 Å². The molecule has 0 aliphatic carbocycles. The SMILES string of the molecule is COC(=O)CN1CC([N+](=O)[O-])=C(Cc2ccc(C(C)(C)C)cc2)C=C1C. The molecule has 0 atom stereocenters. The van der Waals surface area contributed by atoms with Crippen LogP contribution in [0.15, 0.2) is 47.3 Å². The third-order valence-electron chi connectivity index (χ3n) is 4.58. The van der Waals surface area contributed by atoms with Gasteiger partial charge in [-0.3, -0.25) is 14.9 Å². The molecule has 1 heterocycles. The lowest BCUT2D eigenvalue weighted by atomic mass is 9.86. The Kier molecular flexibility index (Phi) is 5.85. The number of nitrogens with zero attached hydrogens (tertiary/aromatic N) is 2. The Hall–Kier alpha value is -2.63. The molecule has 1 aliphatic rings. The molecule has 0 saturated carbocycles. The van der Waals surface area contributed by atoms with E-state index in [0.717, 1.165) is 11.3 Å². The monoisotopic (exact) mass is 358 g/mol. The second-order valence-corrected chi connectivity index (χ2v) is 7.57. The van der Waals surface area contributed by atoms with Crippen LogP contribution in [0.1, 0.15) is 38.8 Å². The summed E-state index contributed by atoms with van der Waals surface area (Å²) in [6.07, 6.45) is 2.28. The van der Waals surface area contributed by atoms with Crippen LogP contribution in [0.25, 0.3) is 0 Å². The highest BCUT2D eigenvalue weighted by molar-refractivity contribution is 5.72. The predicted octanol–water partition coefficient (Wildman–Crippen LogP) is 3.45. The van der Waals surface area contributed by atoms with Gasteiger partial charge in [0.05, 0.1) is 12.0 Å². The van der Waals surface area contributed by atoms with E-state index in [9.17, 15) is 14.9 Å². The summed E-state index contributed by atoms with van der Waals surface area (Å²) in [5, 5.41) is 11.5. The first-order valence-electron chi connectivity index (χ1n) is 8.57. The molecule has 0 saturated heterocycles. The summed E-state index contributed by atoms with van der Waals surface area (Å²) in [4.78, 5) is 24.3. The lowest BCUT2D eigenvalue weighted by Crippen LogP contribution is -2.35. The minimum absolute atomic E-state index is 0.00370. The van der Waals surface area contributed by atoms with Gasteiger partial charge < -0.3 is 9.64 Å². The largest absolute Gasteiger partial charge is 0.468 e. The van der Waals surface area contributed by atoms with E-state index in [4.69, 9.17) is 0 Å². The number of carbonyl (C=O) groups is 1. The van der Waals surface area contributed by atoms with Crippen LogP contribution in [0.2, 0.25) is 0 Å². The molecule has 0 fully saturated rings. The molecule has 26 heavy (non-hydrogen) atoms. The smallest absolute Gasteiger partial charge is 0.325 e. The van der Waals surface area contributed by atoms with Crippen LogP contribution in [0.5, 0.6) is 0 Å². The number of methoxy groups -OCH3 is 1. The summed E-state index contributed by atoms with van der Waals surface area (Å²) in [5.74, 6) is -0.415. The average Bonchev–Trinajstić information content (AvgIpc) is 2.56. The molecule has 140 valence electrons. The topological polar surface area (TPSA) is 72.7 Å². The average molecular weight is 358 g/mol. The molecule has 0 radical (unpaired) electrons. The van der Waals surface area contributed by atoms with Crippen molar-refractivity contribution in [1.82, 2.24) is 4.90 Å². The molecule has 1 aromatic rings. The van der Waals surface area contributed by atoms with Crippen LogP contribution >= 0.6 is 0 Å². The Morgan fingerprint density at radius 2 is 1.88 bits per heavy atom. The van der Waals surface area contributed by atoms with Gasteiger partial charge in [0, 0.05) is 17.7 Å². The minimum Gasteiger partial charge on any atom is -0.468 e. The van der Waals surface area contributed by atoms with E-state index in [-0.39, 0.29) is 29.1 Å². The van der Waals surface area contributed by atoms with Crippen LogP contribution in [0, 0.1) is 10.1 Å². The minimum atomic E-state index is -0.415. The number of nitro groups is 1. The Labute approximate surface area is 154 Å². The van der Waals surface area contributed by atoms with Crippen molar-refractivity contribution in [3.63, 3.8) is 0 Å². The molecule has 1 aromatic carbocycles. The number of hydrogen-bond acceptors (Lipinski definition) is 5. The highest BCUT2D eigenvalue weighted by atomic mass is 16.6. The summed E-state index contributed by atoms with van der Waals surface area (Å²) in [6.45, 7) is 8.40. The van der Waals surface area contributed by atoms with Crippen LogP contribution in [-0.2, 0) is 21.4 Å². The van der Waals surface area contributed by atoms with Gasteiger partial charge in [0.15, 0.2) is 0 Å². The van der Waals surface area contributed by atoms with Crippen molar-refractivity contribution in [2.24, 2.45) is 0 Å². The zero-order valence-electron chi connectivity index (χ0n) is 16.0. The highest BCUT2D eigenvalue weighted by Crippen LogP contribution is 2.26. The number of carbonyl (C=O) groups excluding carboxylic acids is 1. The number of benzene rings is 1. The van der Waals surface area contributed by atoms with Gasteiger partial charge in [0.1, 0.15) is 13.1 Å². The molecule has 0 bridgehead atoms. The third kappa shape index (κ3) is 4.71. The maximum Gasteiger partial charge on any atom is 0.325 e. The molecule has 2 rings (SSSR count). The molecular weight excluding hydrogens is 332 g/mol. The van der Waals surface area contributed by atoms with Gasteiger partial charge in [0.25, 0.3) is 5.70 Å². The van der Waals surface area contributed by atoms with Crippen LogP contribution < -0.4 is 0 Å². The van der Waals surface area contributed by atoms with E-state index in [2.05, 4.69) is 37.6 Å². The number of hydrogen-bond donors (Lipinski definition) is 0. The van der Waals surface area contributed by atoms with Crippen molar-refractivity contribution in [3.05, 3.63) is 68.5 Å². The fourth-order valence-corrected chi connectivity index (χ4v) is 2.91. The number of rotatable bonds is 5. The van der Waals surface area contributed by atoms with E-state index in [1.807, 2.05) is 19.1 Å². The molecule has 0 spiro atoms. The normalized spacial score (nSPS) is 15.0. The summed E-state index contributed by atoms with van der Waals surface area (Å²) >= 11 is 0. The Morgan fingerprint density at radius 3 is 2.38 bits per heavy atom. The number of allylic oxidation sites excluding steroid dienone is 3. The van der Waals surface area contributed by atoms with Gasteiger partial charge in [-0.05, 0) is 29.5 Å². The van der Waals surface area contributed by atoms with E-state index >= 15 is 0 Å². The molecule has 0 N–H and O–H groups in total. The Bertz CT molecular complexity index is 755. The third-order valence-corrected chi connectivity index (χ3v) is 4.58. The molecule has 6 nitrogen and oxygen atoms in total. The fraction of sp³-hybridized carbons (Fsp3) is 0.450. The zero-order chi connectivity index (χ0) is 19.5. The van der Waals surface area contributed by atoms with E-state index in [0.29, 0.717) is 12.0 Å². The number of ether oxygens (including phenoxy) is 1. The van der Waals surface area contributed by atoms with E-state index < -0.39 is 5.97 Å². The Balaban J connectivity index is 2.25. The van der Waals surface area contributed by atoms with Crippen molar-refractivity contribution >= 4 is 5.97 Å². The van der Waals surface area contributed by atoms with Gasteiger partial charge in [-0.25, -0.2) is 0 Å². The summed E-state index contributed by atoms with van der Waals surface area (Å²) in [5.41, 5.74) is 3.94. The first-order valence-corrected chi connectivity index (χ1v) is 8.57. The molecule has 0 aromatic heterocycles. The maximum atomic E-state index is 11.5. The molecular formula is C20H26N2O4. The predicted molar refractivity (Wildman–Crippen MR) is 100 cm³/mol. The summed E-state index contributed by atoms with van der Waals surface area (Å²) in [6, 6.07) is 8.19. The lowest BCUT2D eigenvalue weighted by molar-refractivity contribution is -0.429. The van der Waals surface area contributed by atoms with Crippen LogP contribution in [0.3, 0.4) is 0 Å². The first-order chi connectivity index (χ1) is 12.1. The maximum absolute atomic E-state index is 11.5. The Morgan fingerprint density at radius 1 is 1.27 bits per heavy atom. The lowest BCUT2D eigenvalue weighted by Gasteiger charge is -2.27. The number of esters is 1. The molecule has 0 amide bonds. The highest BCUT2D eigenvalue weighted by Gasteiger charge is 2.27. The van der Waals surface area contributed by atoms with Crippen molar-refractivity contribution in [3.8, 4) is 0 Å². The fourth-order valence-electron chi connectivity index (χ4n) is 2.91. The standard InChI is InChI=1S/C20H26N2O4/c1-14-10-16(11-15-6-8-17(9-7-15)20(2,3)4)18(22(24)25)12-21(14)13-19(23)26-5/h6-10H,11-13H2,1-5H3. The van der Waals surface area contributed by atoms with Gasteiger partial charge in [-0.1, -0.05) is 45.0 Å². The summed E-state index contributed by atoms with van der Waals surface area (Å²) in [7, 11) is 1.31. The molecule has 6 heteroatoms. The molecule has 0 unspecified atom stereocenters. The zero-order valence-corrected chi connectivity index (χ0v) is 16.0. The molecule has 1 aliphatic heterocycles. The van der Waals surface area contributed by atoms with Gasteiger partial charge in [0.2, 0.25) is 0 Å². The van der Waals surface area contributed by atoms with Crippen molar-refractivity contribution in [1.29, 1.82) is 0 Å². The van der Waals surface area contributed by atoms with Gasteiger partial charge in [-0.2, -0.15) is 0 Å².